The molecule has 0 fully saturated rings. The van der Waals surface area contributed by atoms with E-state index in [0.29, 0.717) is 0 Å². The molecule has 0 aliphatic heterocycles. The van der Waals surface area contributed by atoms with Crippen molar-refractivity contribution in [3.8, 4) is 44.8 Å². The maximum atomic E-state index is 3.36. The summed E-state index contributed by atoms with van der Waals surface area (Å²) in [5.74, 6) is 0. The largest absolute Gasteiger partial charge is 0.316 e. The number of hydrogen-bond donors (Lipinski definition) is 0. The third-order valence-corrected chi connectivity index (χ3v) is 13.1. The van der Waals surface area contributed by atoms with Gasteiger partial charge in [0, 0.05) is 56.2 Å². The lowest BCUT2D eigenvalue weighted by atomic mass is 9.82. The third kappa shape index (κ3) is 8.27. The summed E-state index contributed by atoms with van der Waals surface area (Å²) in [6.45, 7) is 20.0. The van der Waals surface area contributed by atoms with Gasteiger partial charge in [-0.1, -0.05) is 167 Å². The van der Waals surface area contributed by atoms with Crippen LogP contribution >= 0.6 is 0 Å². The first-order chi connectivity index (χ1) is 33.9. The van der Waals surface area contributed by atoms with Crippen molar-refractivity contribution in [2.24, 2.45) is 0 Å². The highest BCUT2D eigenvalue weighted by atomic mass is 15.1. The van der Waals surface area contributed by atoms with E-state index in [4.69, 9.17) is 0 Å². The van der Waals surface area contributed by atoms with Crippen LogP contribution in [0.2, 0.25) is 0 Å². The van der Waals surface area contributed by atoms with E-state index < -0.39 is 0 Å². The summed E-state index contributed by atoms with van der Waals surface area (Å²) in [5.41, 5.74) is 19.3. The Bertz CT molecular complexity index is 3520. The summed E-state index contributed by atoms with van der Waals surface area (Å²) in [4.78, 5) is 2.41. The summed E-state index contributed by atoms with van der Waals surface area (Å²) < 4.78 is 4.75. The minimum Gasteiger partial charge on any atom is -0.316 e. The smallest absolute Gasteiger partial charge is 0.0628 e. The molecule has 0 radical (unpaired) electrons. The second kappa shape index (κ2) is 19.8. The van der Waals surface area contributed by atoms with Gasteiger partial charge in [-0.2, -0.15) is 0 Å². The van der Waals surface area contributed by atoms with Crippen LogP contribution in [-0.2, 0) is 5.41 Å². The predicted octanol–water partition coefficient (Wildman–Crippen LogP) is 18.9. The number of anilines is 3. The maximum Gasteiger partial charge on any atom is 0.0628 e. The van der Waals surface area contributed by atoms with Crippen LogP contribution in [0.5, 0.6) is 0 Å². The molecule has 3 heteroatoms. The Morgan fingerprint density at radius 3 is 1.59 bits per heavy atom. The Morgan fingerprint density at radius 1 is 0.464 bits per heavy atom. The van der Waals surface area contributed by atoms with Gasteiger partial charge in [0.05, 0.1) is 16.6 Å². The van der Waals surface area contributed by atoms with Crippen molar-refractivity contribution >= 4 is 49.8 Å². The average molecular weight is 894 g/mol. The van der Waals surface area contributed by atoms with Gasteiger partial charge in [-0.05, 0) is 136 Å². The van der Waals surface area contributed by atoms with Crippen molar-refractivity contribution in [3.05, 3.63) is 262 Å². The zero-order chi connectivity index (χ0) is 48.1. The van der Waals surface area contributed by atoms with E-state index in [1.54, 1.807) is 6.08 Å². The van der Waals surface area contributed by atoms with Crippen molar-refractivity contribution in [3.63, 3.8) is 0 Å². The molecule has 0 atom stereocenters. The van der Waals surface area contributed by atoms with Crippen LogP contribution < -0.4 is 4.90 Å². The highest BCUT2D eigenvalue weighted by molar-refractivity contribution is 6.21. The van der Waals surface area contributed by atoms with E-state index in [-0.39, 0.29) is 5.41 Å². The lowest BCUT2D eigenvalue weighted by Crippen LogP contribution is -2.16. The van der Waals surface area contributed by atoms with Crippen LogP contribution in [-0.4, -0.2) is 9.13 Å². The van der Waals surface area contributed by atoms with E-state index >= 15 is 0 Å². The molecule has 0 N–H and O–H groups in total. The summed E-state index contributed by atoms with van der Waals surface area (Å²) >= 11 is 0. The molecular weight excluding hydrogens is 835 g/mol. The molecule has 2 aromatic heterocycles. The number of rotatable bonds is 7. The molecule has 0 unspecified atom stereocenters. The van der Waals surface area contributed by atoms with Gasteiger partial charge in [0.25, 0.3) is 0 Å². The molecule has 338 valence electrons. The second-order valence-corrected chi connectivity index (χ2v) is 17.4. The predicted molar refractivity (Wildman–Crippen MR) is 299 cm³/mol. The van der Waals surface area contributed by atoms with Gasteiger partial charge in [0.15, 0.2) is 0 Å². The number of allylic oxidation sites excluding steroid dienone is 1. The van der Waals surface area contributed by atoms with Gasteiger partial charge >= 0.3 is 0 Å². The zero-order valence-electron chi connectivity index (χ0n) is 40.4. The van der Waals surface area contributed by atoms with E-state index in [1.165, 1.54) is 77.2 Å². The standard InChI is InChI=1S/C59H43N3.C3H6.C2H6.C2H4/c1-59(2)53-21-13-12-20-50(53)51-33-32-49(39-54(51)59)61(47-28-22-41(23-29-47)40-14-6-3-7-15-40)48-30-24-42(25-31-48)44-27-34-55-52(38-44)57-56(62(55)46-18-10-5-11-19-46)35-26-43-36-37-60(58(43)57)45-16-8-4-9-17-45;1-3-2;2*1-2/h3-39H,1-2H3;3H,1H2,2H3;1-2H3;1-2H2. The van der Waals surface area contributed by atoms with Gasteiger partial charge in [-0.25, -0.2) is 0 Å². The maximum absolute atomic E-state index is 3.36. The van der Waals surface area contributed by atoms with E-state index in [1.807, 2.05) is 20.8 Å². The van der Waals surface area contributed by atoms with E-state index in [9.17, 15) is 0 Å². The Labute approximate surface area is 408 Å². The lowest BCUT2D eigenvalue weighted by molar-refractivity contribution is 0.660. The summed E-state index contributed by atoms with van der Waals surface area (Å²) in [7, 11) is 0. The van der Waals surface area contributed by atoms with Crippen molar-refractivity contribution in [1.82, 2.24) is 9.13 Å². The Hall–Kier alpha value is -8.40. The first-order valence-electron chi connectivity index (χ1n) is 24.0. The highest BCUT2D eigenvalue weighted by Gasteiger charge is 2.35. The lowest BCUT2D eigenvalue weighted by Gasteiger charge is -2.28. The summed E-state index contributed by atoms with van der Waals surface area (Å²) in [5, 5.41) is 3.70. The third-order valence-electron chi connectivity index (χ3n) is 13.1. The van der Waals surface area contributed by atoms with E-state index in [2.05, 4.69) is 272 Å². The molecule has 0 amide bonds. The Kier molecular flexibility index (Phi) is 13.1. The van der Waals surface area contributed by atoms with Crippen LogP contribution in [0.3, 0.4) is 0 Å². The fraction of sp³-hybridized carbons (Fsp3) is 0.0909. The minimum atomic E-state index is -0.106. The summed E-state index contributed by atoms with van der Waals surface area (Å²) in [6.07, 6.45) is 3.95. The molecule has 11 aromatic rings. The molecule has 1 aliphatic carbocycles. The highest BCUT2D eigenvalue weighted by Crippen LogP contribution is 2.51. The minimum absolute atomic E-state index is 0.106. The SMILES string of the molecule is C=C.C=CC.CC.CC1(C)c2ccccc2-c2ccc(N(c3ccc(-c4ccccc4)cc3)c3ccc(-c4ccc5c(c4)c4c6c(ccc4n5-c4ccccc4)ccn6-c4ccccc4)cc3)cc21. The van der Waals surface area contributed by atoms with Gasteiger partial charge in [0.2, 0.25) is 0 Å². The fourth-order valence-electron chi connectivity index (χ4n) is 10.1. The molecule has 12 rings (SSSR count). The number of para-hydroxylation sites is 2. The number of hydrogen-bond acceptors (Lipinski definition) is 1. The molecule has 1 aliphatic rings. The number of nitrogens with zero attached hydrogens (tertiary/aromatic N) is 3. The number of fused-ring (bicyclic) bond motifs is 8. The van der Waals surface area contributed by atoms with Gasteiger partial charge in [0.1, 0.15) is 0 Å². The van der Waals surface area contributed by atoms with Crippen molar-refractivity contribution in [2.75, 3.05) is 4.90 Å². The average Bonchev–Trinajstić information content (AvgIpc) is 4.07. The van der Waals surface area contributed by atoms with Crippen LogP contribution in [0.1, 0.15) is 45.7 Å². The van der Waals surface area contributed by atoms with Crippen LogP contribution in [0.25, 0.3) is 77.5 Å². The molecule has 9 aromatic carbocycles. The molecule has 0 spiro atoms. The molecule has 0 saturated carbocycles. The van der Waals surface area contributed by atoms with Crippen LogP contribution in [0.15, 0.2) is 250 Å². The monoisotopic (exact) mass is 893 g/mol. The number of benzene rings is 9. The van der Waals surface area contributed by atoms with Gasteiger partial charge in [-0.3, -0.25) is 0 Å². The van der Waals surface area contributed by atoms with Gasteiger partial charge < -0.3 is 14.0 Å². The zero-order valence-corrected chi connectivity index (χ0v) is 40.4. The first kappa shape index (κ1) is 45.7. The van der Waals surface area contributed by atoms with E-state index in [0.717, 1.165) is 28.4 Å². The summed E-state index contributed by atoms with van der Waals surface area (Å²) in [6, 6.07) is 79.8. The second-order valence-electron chi connectivity index (χ2n) is 17.4. The molecule has 3 nitrogen and oxygen atoms in total. The molecule has 69 heavy (non-hydrogen) atoms. The normalized spacial score (nSPS) is 11.8. The quantitative estimate of drug-likeness (QED) is 0.145. The van der Waals surface area contributed by atoms with Crippen molar-refractivity contribution in [1.29, 1.82) is 0 Å². The Balaban J connectivity index is 0.000000808. The van der Waals surface area contributed by atoms with Crippen LogP contribution in [0.4, 0.5) is 17.1 Å². The molecule has 0 bridgehead atoms. The first-order valence-corrected chi connectivity index (χ1v) is 24.0. The van der Waals surface area contributed by atoms with Crippen LogP contribution in [0, 0.1) is 0 Å². The molecule has 2 heterocycles. The van der Waals surface area contributed by atoms with Crippen molar-refractivity contribution < 1.29 is 0 Å². The topological polar surface area (TPSA) is 13.1 Å². The fourth-order valence-corrected chi connectivity index (χ4v) is 10.1. The molecular formula is C66H59N3. The Morgan fingerprint density at radius 2 is 0.957 bits per heavy atom. The number of aromatic nitrogens is 2. The molecule has 0 saturated heterocycles. The van der Waals surface area contributed by atoms with Crippen molar-refractivity contribution in [2.45, 2.75) is 40.0 Å². The van der Waals surface area contributed by atoms with Gasteiger partial charge in [-0.15, -0.1) is 19.7 Å².